The van der Waals surface area contributed by atoms with Crippen molar-refractivity contribution in [2.24, 2.45) is 0 Å². The number of halogens is 1. The van der Waals surface area contributed by atoms with Gasteiger partial charge in [0, 0.05) is 6.54 Å². The minimum absolute atomic E-state index is 0.179. The lowest BCUT2D eigenvalue weighted by Gasteiger charge is -2.17. The molecule has 0 saturated carbocycles. The van der Waals surface area contributed by atoms with Crippen molar-refractivity contribution in [3.05, 3.63) is 22.2 Å². The van der Waals surface area contributed by atoms with Crippen LogP contribution in [-0.2, 0) is 11.3 Å². The third-order valence-corrected chi connectivity index (χ3v) is 4.19. The topological polar surface area (TPSA) is 39.7 Å². The molecule has 1 aliphatic heterocycles. The van der Waals surface area contributed by atoms with Gasteiger partial charge in [0.2, 0.25) is 0 Å². The van der Waals surface area contributed by atoms with E-state index in [0.717, 1.165) is 41.9 Å². The number of ether oxygens (including phenoxy) is 3. The summed E-state index contributed by atoms with van der Waals surface area (Å²) in [6.45, 7) is 6.51. The number of rotatable bonds is 7. The van der Waals surface area contributed by atoms with Crippen molar-refractivity contribution in [3.8, 4) is 11.5 Å². The summed E-state index contributed by atoms with van der Waals surface area (Å²) in [4.78, 5) is 0. The van der Waals surface area contributed by atoms with E-state index in [2.05, 4.69) is 41.2 Å². The van der Waals surface area contributed by atoms with Crippen LogP contribution >= 0.6 is 15.9 Å². The third-order valence-electron chi connectivity index (χ3n) is 3.60. The molecule has 118 valence electrons. The van der Waals surface area contributed by atoms with E-state index >= 15 is 0 Å². The number of methoxy groups -OCH3 is 1. The molecule has 2 rings (SSSR count). The van der Waals surface area contributed by atoms with Crippen LogP contribution in [0, 0.1) is 0 Å². The van der Waals surface area contributed by atoms with Crippen LogP contribution in [0.1, 0.15) is 32.3 Å². The Morgan fingerprint density at radius 3 is 2.81 bits per heavy atom. The van der Waals surface area contributed by atoms with Gasteiger partial charge in [0.05, 0.1) is 23.8 Å². The highest BCUT2D eigenvalue weighted by molar-refractivity contribution is 9.10. The highest BCUT2D eigenvalue weighted by Crippen LogP contribution is 2.37. The van der Waals surface area contributed by atoms with Crippen molar-refractivity contribution in [2.75, 3.05) is 20.3 Å². The molecule has 0 aliphatic carbocycles. The molecule has 21 heavy (non-hydrogen) atoms. The van der Waals surface area contributed by atoms with E-state index in [0.29, 0.717) is 12.7 Å². The molecule has 0 radical (unpaired) electrons. The van der Waals surface area contributed by atoms with Gasteiger partial charge in [0.1, 0.15) is 6.61 Å². The van der Waals surface area contributed by atoms with Crippen LogP contribution in [0.15, 0.2) is 16.6 Å². The van der Waals surface area contributed by atoms with Crippen molar-refractivity contribution in [1.82, 2.24) is 5.32 Å². The van der Waals surface area contributed by atoms with Crippen LogP contribution in [0.2, 0.25) is 0 Å². The van der Waals surface area contributed by atoms with E-state index < -0.39 is 0 Å². The van der Waals surface area contributed by atoms with Gasteiger partial charge in [-0.25, -0.2) is 0 Å². The number of nitrogens with one attached hydrogen (secondary N) is 1. The molecule has 1 heterocycles. The molecule has 1 aromatic rings. The Bertz CT molecular complexity index is 467. The Morgan fingerprint density at radius 1 is 1.38 bits per heavy atom. The molecule has 5 heteroatoms. The minimum atomic E-state index is 0.179. The molecule has 1 fully saturated rings. The number of hydrogen-bond donors (Lipinski definition) is 1. The standard InChI is InChI=1S/C16H24BrNO3/c1-4-18-9-12-7-14(17)16(15(8-12)19-3)20-10-13-6-5-11(2)21-13/h7-8,11,13,18H,4-6,9-10H2,1-3H3. The van der Waals surface area contributed by atoms with Crippen LogP contribution in [0.4, 0.5) is 0 Å². The average Bonchev–Trinajstić information content (AvgIpc) is 2.89. The summed E-state index contributed by atoms with van der Waals surface area (Å²) in [5.41, 5.74) is 1.17. The molecule has 1 aromatic carbocycles. The van der Waals surface area contributed by atoms with Crippen molar-refractivity contribution >= 4 is 15.9 Å². The lowest BCUT2D eigenvalue weighted by molar-refractivity contribution is 0.0257. The lowest BCUT2D eigenvalue weighted by Crippen LogP contribution is -2.18. The quantitative estimate of drug-likeness (QED) is 0.810. The molecule has 2 unspecified atom stereocenters. The molecule has 1 N–H and O–H groups in total. The highest BCUT2D eigenvalue weighted by Gasteiger charge is 2.23. The van der Waals surface area contributed by atoms with Gasteiger partial charge in [-0.15, -0.1) is 0 Å². The molecule has 0 bridgehead atoms. The van der Waals surface area contributed by atoms with E-state index in [4.69, 9.17) is 14.2 Å². The molecule has 0 aromatic heterocycles. The summed E-state index contributed by atoms with van der Waals surface area (Å²) in [7, 11) is 1.67. The zero-order valence-corrected chi connectivity index (χ0v) is 14.5. The van der Waals surface area contributed by atoms with E-state index in [1.165, 1.54) is 5.56 Å². The summed E-state index contributed by atoms with van der Waals surface area (Å²) in [5, 5.41) is 3.31. The Hall–Kier alpha value is -0.780. The van der Waals surface area contributed by atoms with E-state index in [1.54, 1.807) is 7.11 Å². The van der Waals surface area contributed by atoms with Crippen molar-refractivity contribution in [3.63, 3.8) is 0 Å². The lowest BCUT2D eigenvalue weighted by atomic mass is 10.2. The van der Waals surface area contributed by atoms with E-state index in [1.807, 2.05) is 6.07 Å². The summed E-state index contributed by atoms with van der Waals surface area (Å²) < 4.78 is 18.1. The van der Waals surface area contributed by atoms with Crippen LogP contribution in [0.5, 0.6) is 11.5 Å². The highest BCUT2D eigenvalue weighted by atomic mass is 79.9. The first kappa shape index (κ1) is 16.6. The molecule has 0 spiro atoms. The van der Waals surface area contributed by atoms with E-state index in [-0.39, 0.29) is 6.10 Å². The molecule has 1 aliphatic rings. The number of hydrogen-bond acceptors (Lipinski definition) is 4. The van der Waals surface area contributed by atoms with Crippen molar-refractivity contribution in [1.29, 1.82) is 0 Å². The summed E-state index contributed by atoms with van der Waals surface area (Å²) >= 11 is 3.58. The van der Waals surface area contributed by atoms with Gasteiger partial charge >= 0.3 is 0 Å². The average molecular weight is 358 g/mol. The first-order valence-corrected chi connectivity index (χ1v) is 8.28. The van der Waals surface area contributed by atoms with Crippen LogP contribution in [-0.4, -0.2) is 32.5 Å². The maximum atomic E-state index is 5.93. The van der Waals surface area contributed by atoms with Crippen LogP contribution in [0.25, 0.3) is 0 Å². The van der Waals surface area contributed by atoms with Gasteiger partial charge in [-0.3, -0.25) is 0 Å². The Balaban J connectivity index is 2.03. The van der Waals surface area contributed by atoms with Gasteiger partial charge in [-0.05, 0) is 59.9 Å². The fraction of sp³-hybridized carbons (Fsp3) is 0.625. The molecular weight excluding hydrogens is 334 g/mol. The SMILES string of the molecule is CCNCc1cc(Br)c(OCC2CCC(C)O2)c(OC)c1. The van der Waals surface area contributed by atoms with Gasteiger partial charge < -0.3 is 19.5 Å². The molecule has 0 amide bonds. The first-order valence-electron chi connectivity index (χ1n) is 7.49. The predicted octanol–water partition coefficient (Wildman–Crippen LogP) is 3.51. The predicted molar refractivity (Wildman–Crippen MR) is 87.1 cm³/mol. The summed E-state index contributed by atoms with van der Waals surface area (Å²) in [6.07, 6.45) is 2.68. The third kappa shape index (κ3) is 4.59. The van der Waals surface area contributed by atoms with E-state index in [9.17, 15) is 0 Å². The zero-order valence-electron chi connectivity index (χ0n) is 12.9. The van der Waals surface area contributed by atoms with Gasteiger partial charge in [0.25, 0.3) is 0 Å². The van der Waals surface area contributed by atoms with Gasteiger partial charge in [-0.1, -0.05) is 6.92 Å². The van der Waals surface area contributed by atoms with Gasteiger partial charge in [0.15, 0.2) is 11.5 Å². The first-order chi connectivity index (χ1) is 10.1. The van der Waals surface area contributed by atoms with Crippen molar-refractivity contribution < 1.29 is 14.2 Å². The van der Waals surface area contributed by atoms with Crippen LogP contribution < -0.4 is 14.8 Å². The molecular formula is C16H24BrNO3. The second-order valence-corrected chi connectivity index (χ2v) is 6.20. The zero-order chi connectivity index (χ0) is 15.2. The second-order valence-electron chi connectivity index (χ2n) is 5.35. The monoisotopic (exact) mass is 357 g/mol. The Morgan fingerprint density at radius 2 is 2.19 bits per heavy atom. The largest absolute Gasteiger partial charge is 0.493 e. The molecule has 2 atom stereocenters. The smallest absolute Gasteiger partial charge is 0.175 e. The maximum Gasteiger partial charge on any atom is 0.175 e. The number of benzene rings is 1. The summed E-state index contributed by atoms with van der Waals surface area (Å²) in [5.74, 6) is 1.50. The molecule has 4 nitrogen and oxygen atoms in total. The summed E-state index contributed by atoms with van der Waals surface area (Å²) in [6, 6.07) is 4.08. The fourth-order valence-corrected chi connectivity index (χ4v) is 3.07. The van der Waals surface area contributed by atoms with Crippen molar-refractivity contribution in [2.45, 2.75) is 45.4 Å². The Labute approximate surface area is 135 Å². The van der Waals surface area contributed by atoms with Gasteiger partial charge in [-0.2, -0.15) is 0 Å². The fourth-order valence-electron chi connectivity index (χ4n) is 2.47. The Kier molecular flexibility index (Phi) is 6.33. The second kappa shape index (κ2) is 8.01. The minimum Gasteiger partial charge on any atom is -0.493 e. The molecule has 1 saturated heterocycles. The van der Waals surface area contributed by atoms with Crippen LogP contribution in [0.3, 0.4) is 0 Å². The normalized spacial score (nSPS) is 21.5. The maximum absolute atomic E-state index is 5.93.